The average Bonchev–Trinajstić information content (AvgIpc) is 2.25. The van der Waals surface area contributed by atoms with Crippen molar-refractivity contribution < 1.29 is 27.4 Å². The highest BCUT2D eigenvalue weighted by molar-refractivity contribution is 5.51. The molecule has 0 radical (unpaired) electrons. The van der Waals surface area contributed by atoms with Crippen LogP contribution in [0.1, 0.15) is 5.69 Å². The van der Waals surface area contributed by atoms with Crippen LogP contribution in [-0.2, 0) is 0 Å². The van der Waals surface area contributed by atoms with Crippen LogP contribution in [0, 0.1) is 11.3 Å². The lowest BCUT2D eigenvalue weighted by Gasteiger charge is -2.13. The summed E-state index contributed by atoms with van der Waals surface area (Å²) >= 11 is 0. The summed E-state index contributed by atoms with van der Waals surface area (Å²) in [6.45, 7) is 0. The molecule has 0 atom stereocenters. The summed E-state index contributed by atoms with van der Waals surface area (Å²) < 4.78 is 49.3. The van der Waals surface area contributed by atoms with Crippen LogP contribution in [-0.4, -0.2) is 25.6 Å². The van der Waals surface area contributed by atoms with Crippen molar-refractivity contribution in [2.75, 3.05) is 14.2 Å². The molecule has 5 nitrogen and oxygen atoms in total. The minimum Gasteiger partial charge on any atom is -0.490 e. The molecule has 8 heteroatoms. The summed E-state index contributed by atoms with van der Waals surface area (Å²) in [5.41, 5.74) is -0.355. The Hall–Kier alpha value is -2.17. The van der Waals surface area contributed by atoms with Crippen LogP contribution < -0.4 is 14.2 Å². The van der Waals surface area contributed by atoms with Gasteiger partial charge in [0, 0.05) is 6.07 Å². The minimum absolute atomic E-state index is 0.179. The molecular weight excluding hydrogens is 241 g/mol. The van der Waals surface area contributed by atoms with Crippen molar-refractivity contribution in [1.82, 2.24) is 4.98 Å². The maximum Gasteiger partial charge on any atom is 0.573 e. The molecule has 0 bridgehead atoms. The molecule has 92 valence electrons. The summed E-state index contributed by atoms with van der Waals surface area (Å²) in [5.74, 6) is -1.25. The molecule has 1 rings (SSSR count). The third-order valence-corrected chi connectivity index (χ3v) is 1.66. The zero-order valence-electron chi connectivity index (χ0n) is 8.83. The molecule has 0 aliphatic heterocycles. The summed E-state index contributed by atoms with van der Waals surface area (Å²) in [6.07, 6.45) is -4.90. The van der Waals surface area contributed by atoms with Gasteiger partial charge in [0.1, 0.15) is 6.07 Å². The minimum atomic E-state index is -4.90. The molecule has 0 amide bonds. The number of hydrogen-bond acceptors (Lipinski definition) is 5. The van der Waals surface area contributed by atoms with Gasteiger partial charge in [0.15, 0.2) is 17.2 Å². The van der Waals surface area contributed by atoms with E-state index in [0.29, 0.717) is 0 Å². The molecule has 0 N–H and O–H groups in total. The van der Waals surface area contributed by atoms with E-state index in [-0.39, 0.29) is 11.6 Å². The predicted molar refractivity (Wildman–Crippen MR) is 48.7 cm³/mol. The van der Waals surface area contributed by atoms with Gasteiger partial charge in [-0.05, 0) is 0 Å². The Morgan fingerprint density at radius 1 is 1.29 bits per heavy atom. The van der Waals surface area contributed by atoms with Crippen LogP contribution in [0.3, 0.4) is 0 Å². The molecule has 1 aromatic heterocycles. The fraction of sp³-hybridized carbons (Fsp3) is 0.333. The van der Waals surface area contributed by atoms with Crippen LogP contribution in [0.4, 0.5) is 13.2 Å². The molecule has 0 aliphatic rings. The second kappa shape index (κ2) is 4.78. The van der Waals surface area contributed by atoms with E-state index in [4.69, 9.17) is 5.26 Å². The first-order valence-corrected chi connectivity index (χ1v) is 4.20. The molecule has 0 aliphatic carbocycles. The Balaban J connectivity index is 3.30. The van der Waals surface area contributed by atoms with E-state index in [1.165, 1.54) is 7.11 Å². The van der Waals surface area contributed by atoms with Crippen molar-refractivity contribution >= 4 is 0 Å². The van der Waals surface area contributed by atoms with Crippen molar-refractivity contribution in [1.29, 1.82) is 5.26 Å². The quantitative estimate of drug-likeness (QED) is 0.816. The van der Waals surface area contributed by atoms with Crippen LogP contribution in [0.2, 0.25) is 0 Å². The van der Waals surface area contributed by atoms with E-state index < -0.39 is 17.9 Å². The first kappa shape index (κ1) is 12.9. The summed E-state index contributed by atoms with van der Waals surface area (Å²) in [5, 5.41) is 8.71. The van der Waals surface area contributed by atoms with Crippen molar-refractivity contribution in [2.24, 2.45) is 0 Å². The number of rotatable bonds is 3. The molecule has 0 aromatic carbocycles. The second-order valence-electron chi connectivity index (χ2n) is 2.70. The van der Waals surface area contributed by atoms with Crippen LogP contribution in [0.5, 0.6) is 17.4 Å². The van der Waals surface area contributed by atoms with Crippen LogP contribution in [0.25, 0.3) is 0 Å². The molecule has 0 spiro atoms. The zero-order chi connectivity index (χ0) is 13.1. The van der Waals surface area contributed by atoms with E-state index in [0.717, 1.165) is 13.2 Å². The maximum absolute atomic E-state index is 12.1. The average molecular weight is 248 g/mol. The number of alkyl halides is 3. The fourth-order valence-electron chi connectivity index (χ4n) is 1.07. The molecular formula is C9H7F3N2O3. The van der Waals surface area contributed by atoms with E-state index >= 15 is 0 Å². The molecule has 0 unspecified atom stereocenters. The smallest absolute Gasteiger partial charge is 0.490 e. The molecule has 17 heavy (non-hydrogen) atoms. The molecule has 0 fully saturated rings. The SMILES string of the molecule is COc1cc(OC(F)(F)F)c(OC)c(C#N)n1. The Bertz CT molecular complexity index is 454. The first-order valence-electron chi connectivity index (χ1n) is 4.20. The lowest BCUT2D eigenvalue weighted by atomic mass is 10.3. The number of aromatic nitrogens is 1. The monoisotopic (exact) mass is 248 g/mol. The molecule has 1 heterocycles. The number of pyridine rings is 1. The number of ether oxygens (including phenoxy) is 3. The van der Waals surface area contributed by atoms with Gasteiger partial charge < -0.3 is 14.2 Å². The summed E-state index contributed by atoms with van der Waals surface area (Å²) in [4.78, 5) is 3.62. The lowest BCUT2D eigenvalue weighted by Crippen LogP contribution is -2.18. The standard InChI is InChI=1S/C9H7F3N2O3/c1-15-7-3-6(17-9(10,11)12)8(16-2)5(4-13)14-7/h3H,1-2H3. The highest BCUT2D eigenvalue weighted by Gasteiger charge is 2.33. The van der Waals surface area contributed by atoms with Crippen LogP contribution >= 0.6 is 0 Å². The zero-order valence-corrected chi connectivity index (χ0v) is 8.83. The number of methoxy groups -OCH3 is 2. The van der Waals surface area contributed by atoms with Gasteiger partial charge in [-0.3, -0.25) is 0 Å². The normalized spacial score (nSPS) is 10.6. The van der Waals surface area contributed by atoms with E-state index in [9.17, 15) is 13.2 Å². The van der Waals surface area contributed by atoms with Crippen LogP contribution in [0.15, 0.2) is 6.07 Å². The van der Waals surface area contributed by atoms with Gasteiger partial charge in [0.2, 0.25) is 5.88 Å². The number of hydrogen-bond donors (Lipinski definition) is 0. The Labute approximate surface area is 94.3 Å². The van der Waals surface area contributed by atoms with Gasteiger partial charge in [-0.2, -0.15) is 10.2 Å². The molecule has 0 saturated carbocycles. The Morgan fingerprint density at radius 2 is 1.94 bits per heavy atom. The largest absolute Gasteiger partial charge is 0.573 e. The predicted octanol–water partition coefficient (Wildman–Crippen LogP) is 1.87. The van der Waals surface area contributed by atoms with Gasteiger partial charge in [-0.25, -0.2) is 0 Å². The molecule has 1 aromatic rings. The van der Waals surface area contributed by atoms with Gasteiger partial charge in [0.05, 0.1) is 14.2 Å². The maximum atomic E-state index is 12.1. The van der Waals surface area contributed by atoms with Crippen molar-refractivity contribution in [3.63, 3.8) is 0 Å². The number of halogens is 3. The fourth-order valence-corrected chi connectivity index (χ4v) is 1.07. The number of nitriles is 1. The van der Waals surface area contributed by atoms with E-state index in [2.05, 4.69) is 19.2 Å². The third kappa shape index (κ3) is 3.14. The first-order chi connectivity index (χ1) is 7.91. The lowest BCUT2D eigenvalue weighted by molar-refractivity contribution is -0.275. The third-order valence-electron chi connectivity index (χ3n) is 1.66. The summed E-state index contributed by atoms with van der Waals surface area (Å²) in [7, 11) is 2.31. The van der Waals surface area contributed by atoms with E-state index in [1.54, 1.807) is 6.07 Å². The molecule has 0 saturated heterocycles. The number of nitrogens with zero attached hydrogens (tertiary/aromatic N) is 2. The van der Waals surface area contributed by atoms with Gasteiger partial charge in [0.25, 0.3) is 0 Å². The van der Waals surface area contributed by atoms with Gasteiger partial charge in [-0.1, -0.05) is 0 Å². The second-order valence-corrected chi connectivity index (χ2v) is 2.70. The van der Waals surface area contributed by atoms with Crippen molar-refractivity contribution in [3.8, 4) is 23.4 Å². The van der Waals surface area contributed by atoms with Crippen molar-refractivity contribution in [3.05, 3.63) is 11.8 Å². The Kier molecular flexibility index (Phi) is 3.62. The topological polar surface area (TPSA) is 64.4 Å². The van der Waals surface area contributed by atoms with Gasteiger partial charge >= 0.3 is 6.36 Å². The summed E-state index contributed by atoms with van der Waals surface area (Å²) in [6, 6.07) is 2.47. The van der Waals surface area contributed by atoms with Gasteiger partial charge in [-0.15, -0.1) is 13.2 Å². The highest BCUT2D eigenvalue weighted by atomic mass is 19.4. The highest BCUT2D eigenvalue weighted by Crippen LogP contribution is 2.36. The van der Waals surface area contributed by atoms with E-state index in [1.807, 2.05) is 0 Å². The Morgan fingerprint density at radius 3 is 2.35 bits per heavy atom. The van der Waals surface area contributed by atoms with Crippen molar-refractivity contribution in [2.45, 2.75) is 6.36 Å².